The van der Waals surface area contributed by atoms with E-state index >= 15 is 0 Å². The van der Waals surface area contributed by atoms with Crippen LogP contribution < -0.4 is 4.90 Å². The number of sulfonamides is 1. The Morgan fingerprint density at radius 3 is 2.26 bits per heavy atom. The van der Waals surface area contributed by atoms with Crippen LogP contribution in [0.4, 0.5) is 11.6 Å². The summed E-state index contributed by atoms with van der Waals surface area (Å²) >= 11 is 16.0. The molecule has 4 heterocycles. The van der Waals surface area contributed by atoms with Crippen LogP contribution in [0.15, 0.2) is 58.2 Å². The van der Waals surface area contributed by atoms with E-state index in [9.17, 15) is 13.2 Å². The summed E-state index contributed by atoms with van der Waals surface area (Å²) in [5.74, 6) is -0.874. The average Bonchev–Trinajstić information content (AvgIpc) is 3.58. The fourth-order valence-corrected chi connectivity index (χ4v) is 8.01. The van der Waals surface area contributed by atoms with Gasteiger partial charge in [0.05, 0.1) is 25.1 Å². The lowest BCUT2D eigenvalue weighted by Gasteiger charge is -2.37. The first-order valence-electron chi connectivity index (χ1n) is 12.4. The summed E-state index contributed by atoms with van der Waals surface area (Å²) in [6.45, 7) is 3.20. The topological polar surface area (TPSA) is 94.0 Å². The van der Waals surface area contributed by atoms with Crippen molar-refractivity contribution in [1.29, 1.82) is 0 Å². The monoisotopic (exact) mass is 654 g/mol. The molecule has 1 aromatic heterocycles. The first-order chi connectivity index (χ1) is 18.5. The molecule has 3 aromatic rings. The molecule has 0 unspecified atom stereocenters. The van der Waals surface area contributed by atoms with Crippen LogP contribution in [0.5, 0.6) is 0 Å². The summed E-state index contributed by atoms with van der Waals surface area (Å²) < 4.78 is 43.5. The molecule has 9 nitrogen and oxygen atoms in total. The fraction of sp³-hybridized carbons (Fsp3) is 0.385. The SMILES string of the molecule is C[C@@]1(Cc2ccc(Br)cc2)C(=O)N(c2cc(Cl)cc(Cl)c2)c2ncc(S(=O)(=O)N3CCC4(CC3)OCCO4)n21. The highest BCUT2D eigenvalue weighted by atomic mass is 79.9. The molecule has 39 heavy (non-hydrogen) atoms. The van der Waals surface area contributed by atoms with Crippen LogP contribution in [-0.2, 0) is 36.3 Å². The Labute approximate surface area is 244 Å². The highest BCUT2D eigenvalue weighted by Crippen LogP contribution is 2.45. The van der Waals surface area contributed by atoms with Gasteiger partial charge in [-0.3, -0.25) is 9.36 Å². The summed E-state index contributed by atoms with van der Waals surface area (Å²) in [6, 6.07) is 12.4. The minimum absolute atomic E-state index is 0.0507. The molecule has 1 atom stereocenters. The van der Waals surface area contributed by atoms with Gasteiger partial charge in [-0.2, -0.15) is 4.31 Å². The van der Waals surface area contributed by atoms with Gasteiger partial charge in [0, 0.05) is 46.9 Å². The van der Waals surface area contributed by atoms with Gasteiger partial charge in [0.1, 0.15) is 5.54 Å². The summed E-state index contributed by atoms with van der Waals surface area (Å²) in [5, 5.41) is 0.637. The standard InChI is InChI=1S/C26H25BrCl2N4O5S/c1-25(15-17-2-4-18(27)5-3-17)23(34)32(21-13-19(28)12-20(29)14-21)24-30-16-22(33(24)25)39(35,36)31-8-6-26(7-9-31)37-10-11-38-26/h2-5,12-14,16H,6-11,15H2,1H3/t25-/m1/s1. The van der Waals surface area contributed by atoms with Gasteiger partial charge in [-0.25, -0.2) is 18.3 Å². The Morgan fingerprint density at radius 2 is 1.64 bits per heavy atom. The smallest absolute Gasteiger partial charge is 0.260 e. The summed E-state index contributed by atoms with van der Waals surface area (Å²) in [7, 11) is -4.02. The van der Waals surface area contributed by atoms with Crippen LogP contribution in [-0.4, -0.2) is 60.3 Å². The number of carbonyl (C=O) groups is 1. The van der Waals surface area contributed by atoms with Crippen molar-refractivity contribution < 1.29 is 22.7 Å². The quantitative estimate of drug-likeness (QED) is 0.379. The summed E-state index contributed by atoms with van der Waals surface area (Å²) in [4.78, 5) is 20.0. The molecule has 1 amide bonds. The Morgan fingerprint density at radius 1 is 1.03 bits per heavy atom. The van der Waals surface area contributed by atoms with E-state index in [1.165, 1.54) is 20.0 Å². The Bertz CT molecular complexity index is 1530. The third-order valence-corrected chi connectivity index (χ3v) is 10.4. The number of imidazole rings is 1. The molecule has 2 fully saturated rings. The van der Waals surface area contributed by atoms with E-state index in [1.807, 2.05) is 24.3 Å². The molecule has 2 aromatic carbocycles. The number of aromatic nitrogens is 2. The van der Waals surface area contributed by atoms with E-state index in [0.717, 1.165) is 10.0 Å². The van der Waals surface area contributed by atoms with Crippen molar-refractivity contribution in [1.82, 2.24) is 13.9 Å². The number of hydrogen-bond donors (Lipinski definition) is 0. The maximum absolute atomic E-state index is 14.2. The zero-order valence-corrected chi connectivity index (χ0v) is 24.9. The number of hydrogen-bond acceptors (Lipinski definition) is 6. The van der Waals surface area contributed by atoms with E-state index in [0.29, 0.717) is 41.8 Å². The van der Waals surface area contributed by atoms with E-state index in [1.54, 1.807) is 25.1 Å². The minimum Gasteiger partial charge on any atom is -0.347 e. The molecule has 2 saturated heterocycles. The minimum atomic E-state index is -4.02. The predicted octanol–water partition coefficient (Wildman–Crippen LogP) is 5.12. The highest BCUT2D eigenvalue weighted by Gasteiger charge is 2.53. The fourth-order valence-electron chi connectivity index (χ4n) is 5.60. The molecular weight excluding hydrogens is 631 g/mol. The molecule has 0 radical (unpaired) electrons. The molecule has 206 valence electrons. The van der Waals surface area contributed by atoms with E-state index in [2.05, 4.69) is 20.9 Å². The van der Waals surface area contributed by atoms with Crippen molar-refractivity contribution in [2.75, 3.05) is 31.2 Å². The van der Waals surface area contributed by atoms with E-state index in [-0.39, 0.29) is 36.4 Å². The van der Waals surface area contributed by atoms with Crippen molar-refractivity contribution in [3.63, 3.8) is 0 Å². The number of fused-ring (bicyclic) bond motifs is 1. The third-order valence-electron chi connectivity index (χ3n) is 7.54. The first-order valence-corrected chi connectivity index (χ1v) is 15.4. The molecule has 0 aliphatic carbocycles. The normalized spacial score (nSPS) is 23.1. The number of rotatable bonds is 5. The second kappa shape index (κ2) is 9.83. The van der Waals surface area contributed by atoms with Crippen molar-refractivity contribution in [3.8, 4) is 0 Å². The molecule has 0 bridgehead atoms. The second-order valence-corrected chi connectivity index (χ2v) is 13.8. The number of piperidine rings is 1. The lowest BCUT2D eigenvalue weighted by Crippen LogP contribution is -2.48. The molecule has 0 N–H and O–H groups in total. The van der Waals surface area contributed by atoms with Crippen molar-refractivity contribution in [2.24, 2.45) is 0 Å². The van der Waals surface area contributed by atoms with Gasteiger partial charge in [0.15, 0.2) is 10.8 Å². The molecule has 3 aliphatic rings. The number of ether oxygens (including phenoxy) is 2. The summed E-state index contributed by atoms with van der Waals surface area (Å²) in [6.07, 6.45) is 2.41. The lowest BCUT2D eigenvalue weighted by molar-refractivity contribution is -0.179. The van der Waals surface area contributed by atoms with Crippen LogP contribution in [0.25, 0.3) is 0 Å². The Hall–Kier alpha value is -1.99. The van der Waals surface area contributed by atoms with Crippen molar-refractivity contribution >= 4 is 66.7 Å². The van der Waals surface area contributed by atoms with E-state index in [4.69, 9.17) is 32.7 Å². The molecule has 0 saturated carbocycles. The van der Waals surface area contributed by atoms with Crippen LogP contribution in [0, 0.1) is 0 Å². The largest absolute Gasteiger partial charge is 0.347 e. The van der Waals surface area contributed by atoms with E-state index < -0.39 is 21.3 Å². The highest BCUT2D eigenvalue weighted by molar-refractivity contribution is 9.10. The molecule has 3 aliphatic heterocycles. The van der Waals surface area contributed by atoms with Gasteiger partial charge in [-0.1, -0.05) is 51.3 Å². The van der Waals surface area contributed by atoms with Crippen molar-refractivity contribution in [3.05, 3.63) is 68.7 Å². The first kappa shape index (κ1) is 27.2. The summed E-state index contributed by atoms with van der Waals surface area (Å²) in [5.41, 5.74) is -0.0346. The third kappa shape index (κ3) is 4.61. The van der Waals surface area contributed by atoms with Gasteiger partial charge >= 0.3 is 0 Å². The number of carbonyl (C=O) groups excluding carboxylic acids is 1. The lowest BCUT2D eigenvalue weighted by atomic mass is 9.92. The molecule has 1 spiro atoms. The van der Waals surface area contributed by atoms with Crippen LogP contribution >= 0.6 is 39.1 Å². The van der Waals surface area contributed by atoms with Gasteiger partial charge in [0.25, 0.3) is 15.9 Å². The predicted molar refractivity (Wildman–Crippen MR) is 150 cm³/mol. The number of benzene rings is 2. The van der Waals surface area contributed by atoms with Crippen LogP contribution in [0.1, 0.15) is 25.3 Å². The number of amides is 1. The van der Waals surface area contributed by atoms with Gasteiger partial charge in [0.2, 0.25) is 5.95 Å². The van der Waals surface area contributed by atoms with Gasteiger partial charge in [-0.05, 0) is 42.8 Å². The number of anilines is 2. The molecule has 6 rings (SSSR count). The van der Waals surface area contributed by atoms with Gasteiger partial charge in [-0.15, -0.1) is 0 Å². The maximum Gasteiger partial charge on any atom is 0.260 e. The average molecular weight is 656 g/mol. The molecular formula is C26H25BrCl2N4O5S. The Kier molecular flexibility index (Phi) is 6.85. The van der Waals surface area contributed by atoms with Gasteiger partial charge < -0.3 is 9.47 Å². The van der Waals surface area contributed by atoms with Crippen LogP contribution in [0.3, 0.4) is 0 Å². The molecule has 13 heteroatoms. The zero-order chi connectivity index (χ0) is 27.6. The second-order valence-electron chi connectivity index (χ2n) is 10.1. The maximum atomic E-state index is 14.2. The zero-order valence-electron chi connectivity index (χ0n) is 20.9. The number of nitrogens with zero attached hydrogens (tertiary/aromatic N) is 4. The van der Waals surface area contributed by atoms with Crippen molar-refractivity contribution in [2.45, 2.75) is 42.5 Å². The Balaban J connectivity index is 1.44. The number of halogens is 3. The van der Waals surface area contributed by atoms with Crippen LogP contribution in [0.2, 0.25) is 10.0 Å².